The highest BCUT2D eigenvalue weighted by molar-refractivity contribution is 5.92. The Balaban J connectivity index is 1.76. The van der Waals surface area contributed by atoms with E-state index in [9.17, 15) is 14.7 Å². The summed E-state index contributed by atoms with van der Waals surface area (Å²) in [6.45, 7) is 8.34. The van der Waals surface area contributed by atoms with Crippen LogP contribution in [0, 0.1) is 0 Å². The number of carbonyl (C=O) groups excluding carboxylic acids is 1. The molecule has 0 spiro atoms. The fourth-order valence-electron chi connectivity index (χ4n) is 5.27. The second-order valence-electron chi connectivity index (χ2n) is 9.07. The lowest BCUT2D eigenvalue weighted by Crippen LogP contribution is -2.43. The second-order valence-corrected chi connectivity index (χ2v) is 9.07. The summed E-state index contributed by atoms with van der Waals surface area (Å²) in [5.41, 5.74) is 3.78. The molecule has 5 rings (SSSR count). The summed E-state index contributed by atoms with van der Waals surface area (Å²) in [6, 6.07) is 7.74. The normalized spacial score (nSPS) is 19.2. The van der Waals surface area contributed by atoms with Gasteiger partial charge in [-0.2, -0.15) is 0 Å². The molecular weight excluding hydrogens is 404 g/mol. The minimum Gasteiger partial charge on any atom is -0.491 e. The van der Waals surface area contributed by atoms with E-state index in [1.807, 2.05) is 38.1 Å². The highest BCUT2D eigenvalue weighted by Crippen LogP contribution is 2.41. The number of carbonyl (C=O) groups is 1. The highest BCUT2D eigenvalue weighted by Gasteiger charge is 2.43. The van der Waals surface area contributed by atoms with Gasteiger partial charge >= 0.3 is 0 Å². The van der Waals surface area contributed by atoms with Crippen LogP contribution in [0.15, 0.2) is 29.1 Å². The van der Waals surface area contributed by atoms with Gasteiger partial charge in [-0.1, -0.05) is 13.8 Å². The predicted molar refractivity (Wildman–Crippen MR) is 123 cm³/mol. The number of aromatic nitrogens is 2. The summed E-state index contributed by atoms with van der Waals surface area (Å²) < 4.78 is 7.65. The summed E-state index contributed by atoms with van der Waals surface area (Å²) in [4.78, 5) is 30.9. The number of nitrogens with zero attached hydrogens (tertiary/aromatic N) is 2. The van der Waals surface area contributed by atoms with Crippen molar-refractivity contribution in [2.24, 2.45) is 0 Å². The molecule has 1 aliphatic carbocycles. The first-order valence-electron chi connectivity index (χ1n) is 11.4. The zero-order valence-electron chi connectivity index (χ0n) is 19.0. The Hall–Kier alpha value is -2.99. The van der Waals surface area contributed by atoms with Gasteiger partial charge in [0.15, 0.2) is 5.78 Å². The first-order valence-corrected chi connectivity index (χ1v) is 11.4. The summed E-state index contributed by atoms with van der Waals surface area (Å²) >= 11 is 0. The summed E-state index contributed by atoms with van der Waals surface area (Å²) in [7, 11) is 0. The third kappa shape index (κ3) is 2.85. The molecule has 32 heavy (non-hydrogen) atoms. The van der Waals surface area contributed by atoms with Crippen LogP contribution < -0.4 is 10.3 Å². The van der Waals surface area contributed by atoms with Crippen molar-refractivity contribution in [1.29, 1.82) is 0 Å². The predicted octanol–water partition coefficient (Wildman–Crippen LogP) is 3.89. The van der Waals surface area contributed by atoms with E-state index in [0.29, 0.717) is 29.8 Å². The Bertz CT molecular complexity index is 1340. The van der Waals surface area contributed by atoms with E-state index in [-0.39, 0.29) is 30.3 Å². The van der Waals surface area contributed by atoms with E-state index >= 15 is 0 Å². The molecule has 6 heteroatoms. The molecule has 0 saturated heterocycles. The lowest BCUT2D eigenvalue weighted by molar-refractivity contribution is -0.140. The van der Waals surface area contributed by atoms with Crippen LogP contribution in [0.3, 0.4) is 0 Å². The van der Waals surface area contributed by atoms with Gasteiger partial charge in [-0.15, -0.1) is 0 Å². The average Bonchev–Trinajstić information content (AvgIpc) is 3.13. The maximum absolute atomic E-state index is 13.4. The van der Waals surface area contributed by atoms with Gasteiger partial charge < -0.3 is 14.4 Å². The van der Waals surface area contributed by atoms with E-state index < -0.39 is 5.60 Å². The average molecular weight is 433 g/mol. The van der Waals surface area contributed by atoms with Gasteiger partial charge in [0.2, 0.25) is 0 Å². The minimum atomic E-state index is -1.60. The molecule has 0 unspecified atom stereocenters. The Morgan fingerprint density at radius 1 is 1.16 bits per heavy atom. The number of aryl methyl sites for hydroxylation is 1. The van der Waals surface area contributed by atoms with Gasteiger partial charge in [-0.05, 0) is 62.9 Å². The maximum atomic E-state index is 13.4. The lowest BCUT2D eigenvalue weighted by Gasteiger charge is -2.32. The van der Waals surface area contributed by atoms with Gasteiger partial charge in [0, 0.05) is 28.5 Å². The van der Waals surface area contributed by atoms with Crippen molar-refractivity contribution in [3.63, 3.8) is 0 Å². The Labute approximate surface area is 186 Å². The highest BCUT2D eigenvalue weighted by atomic mass is 16.5. The van der Waals surface area contributed by atoms with E-state index in [2.05, 4.69) is 6.92 Å². The van der Waals surface area contributed by atoms with Gasteiger partial charge in [0.1, 0.15) is 11.4 Å². The third-order valence-electron chi connectivity index (χ3n) is 6.88. The number of hydrogen-bond acceptors (Lipinski definition) is 5. The van der Waals surface area contributed by atoms with Crippen LogP contribution in [-0.4, -0.2) is 26.5 Å². The standard InChI is InChI=1S/C26H28N2O4/c1-5-16-18-11-15(32-14(3)4)7-9-21(18)27-24-19(16)13-28-22(24)12-20-17(25(28)30)8-10-23(29)26(20,31)6-2/h7,9,11-12,14,31H,5-6,8,10,13H2,1-4H3/t26-/m0/s1. The zero-order valence-corrected chi connectivity index (χ0v) is 19.0. The molecule has 0 fully saturated rings. The molecule has 6 nitrogen and oxygen atoms in total. The molecular formula is C26H28N2O4. The van der Waals surface area contributed by atoms with Crippen LogP contribution in [0.1, 0.15) is 62.8 Å². The lowest BCUT2D eigenvalue weighted by atomic mass is 9.77. The molecule has 0 amide bonds. The molecule has 1 N–H and O–H groups in total. The smallest absolute Gasteiger partial charge is 0.254 e. The van der Waals surface area contributed by atoms with Gasteiger partial charge in [-0.25, -0.2) is 4.98 Å². The largest absolute Gasteiger partial charge is 0.491 e. The van der Waals surface area contributed by atoms with Crippen LogP contribution in [0.2, 0.25) is 0 Å². The topological polar surface area (TPSA) is 81.4 Å². The van der Waals surface area contributed by atoms with Crippen LogP contribution in [0.4, 0.5) is 0 Å². The monoisotopic (exact) mass is 432 g/mol. The number of rotatable bonds is 4. The summed E-state index contributed by atoms with van der Waals surface area (Å²) in [6.07, 6.45) is 1.69. The van der Waals surface area contributed by atoms with Crippen molar-refractivity contribution in [2.75, 3.05) is 0 Å². The molecule has 0 radical (unpaired) electrons. The van der Waals surface area contributed by atoms with Crippen LogP contribution in [-0.2, 0) is 29.8 Å². The maximum Gasteiger partial charge on any atom is 0.254 e. The Kier molecular flexibility index (Phi) is 4.75. The van der Waals surface area contributed by atoms with E-state index in [1.165, 1.54) is 0 Å². The molecule has 1 aliphatic heterocycles. The molecule has 2 aliphatic rings. The molecule has 1 atom stereocenters. The molecule has 3 aromatic rings. The van der Waals surface area contributed by atoms with E-state index in [4.69, 9.17) is 9.72 Å². The minimum absolute atomic E-state index is 0.0779. The molecule has 2 aromatic heterocycles. The van der Waals surface area contributed by atoms with Crippen molar-refractivity contribution < 1.29 is 14.6 Å². The molecule has 3 heterocycles. The number of aliphatic hydroxyl groups is 1. The molecule has 0 saturated carbocycles. The van der Waals surface area contributed by atoms with Gasteiger partial charge in [0.05, 0.1) is 29.6 Å². The Morgan fingerprint density at radius 2 is 1.94 bits per heavy atom. The summed E-state index contributed by atoms with van der Waals surface area (Å²) in [5, 5.41) is 12.2. The third-order valence-corrected chi connectivity index (χ3v) is 6.88. The SMILES string of the molecule is CCc1c2c(nc3ccc(OC(C)C)cc13)-c1cc3c(c(=O)n1C2)CCC(=O)[C@]3(O)CC. The Morgan fingerprint density at radius 3 is 2.62 bits per heavy atom. The number of fused-ring (bicyclic) bond motifs is 5. The molecule has 166 valence electrons. The number of Topliss-reactive ketones (excluding diaryl/α,β-unsaturated/α-hetero) is 1. The zero-order chi connectivity index (χ0) is 22.8. The summed E-state index contributed by atoms with van der Waals surface area (Å²) in [5.74, 6) is 0.590. The van der Waals surface area contributed by atoms with Crippen molar-refractivity contribution >= 4 is 16.7 Å². The number of benzene rings is 1. The number of ether oxygens (including phenoxy) is 1. The fourth-order valence-corrected chi connectivity index (χ4v) is 5.27. The molecule has 0 bridgehead atoms. The van der Waals surface area contributed by atoms with E-state index in [0.717, 1.165) is 39.9 Å². The fraction of sp³-hybridized carbons (Fsp3) is 0.423. The molecule has 1 aromatic carbocycles. The van der Waals surface area contributed by atoms with Crippen LogP contribution in [0.25, 0.3) is 22.3 Å². The number of ketones is 1. The van der Waals surface area contributed by atoms with Crippen molar-refractivity contribution in [2.45, 2.75) is 71.6 Å². The van der Waals surface area contributed by atoms with Crippen molar-refractivity contribution in [3.05, 3.63) is 56.9 Å². The first kappa shape index (κ1) is 20.9. The number of pyridine rings is 2. The van der Waals surface area contributed by atoms with Crippen LogP contribution >= 0.6 is 0 Å². The van der Waals surface area contributed by atoms with Crippen molar-refractivity contribution in [1.82, 2.24) is 9.55 Å². The second kappa shape index (κ2) is 7.27. The van der Waals surface area contributed by atoms with E-state index in [1.54, 1.807) is 11.5 Å². The van der Waals surface area contributed by atoms with Crippen LogP contribution in [0.5, 0.6) is 5.75 Å². The van der Waals surface area contributed by atoms with Gasteiger partial charge in [-0.3, -0.25) is 9.59 Å². The number of hydrogen-bond donors (Lipinski definition) is 1. The first-order chi connectivity index (χ1) is 15.3. The quantitative estimate of drug-likeness (QED) is 0.529. The van der Waals surface area contributed by atoms with Crippen molar-refractivity contribution in [3.8, 4) is 17.1 Å². The van der Waals surface area contributed by atoms with Gasteiger partial charge in [0.25, 0.3) is 5.56 Å².